The van der Waals surface area contributed by atoms with E-state index in [0.29, 0.717) is 22.4 Å². The molecule has 2 aromatic heterocycles. The molecule has 0 aromatic carbocycles. The minimum atomic E-state index is -0.0345. The van der Waals surface area contributed by atoms with Crippen molar-refractivity contribution in [2.24, 2.45) is 4.99 Å². The Labute approximate surface area is 139 Å². The van der Waals surface area contributed by atoms with Gasteiger partial charge in [-0.15, -0.1) is 0 Å². The Hall–Kier alpha value is -2.47. The third kappa shape index (κ3) is 3.48. The zero-order chi connectivity index (χ0) is 16.2. The molecular formula is C17H16N4OS. The van der Waals surface area contributed by atoms with E-state index in [-0.39, 0.29) is 5.91 Å². The van der Waals surface area contributed by atoms with Gasteiger partial charge >= 0.3 is 0 Å². The lowest BCUT2D eigenvalue weighted by Gasteiger charge is -2.11. The van der Waals surface area contributed by atoms with Gasteiger partial charge < -0.3 is 0 Å². The largest absolute Gasteiger partial charge is 0.287 e. The molecule has 0 spiro atoms. The van der Waals surface area contributed by atoms with E-state index in [4.69, 9.17) is 0 Å². The van der Waals surface area contributed by atoms with Gasteiger partial charge in [-0.25, -0.2) is 9.98 Å². The monoisotopic (exact) mass is 324 g/mol. The van der Waals surface area contributed by atoms with Crippen LogP contribution in [0.3, 0.4) is 0 Å². The third-order valence-electron chi connectivity index (χ3n) is 3.27. The molecule has 0 bridgehead atoms. The Kier molecular flexibility index (Phi) is 4.52. The highest BCUT2D eigenvalue weighted by atomic mass is 32.2. The topological polar surface area (TPSA) is 58.5 Å². The number of hydrogen-bond acceptors (Lipinski definition) is 5. The predicted octanol–water partition coefficient (Wildman–Crippen LogP) is 3.41. The van der Waals surface area contributed by atoms with E-state index in [0.717, 1.165) is 11.3 Å². The summed E-state index contributed by atoms with van der Waals surface area (Å²) in [4.78, 5) is 27.8. The summed E-state index contributed by atoms with van der Waals surface area (Å²) < 4.78 is 0. The van der Waals surface area contributed by atoms with E-state index in [9.17, 15) is 4.79 Å². The van der Waals surface area contributed by atoms with Gasteiger partial charge in [0, 0.05) is 24.6 Å². The zero-order valence-electron chi connectivity index (χ0n) is 12.9. The van der Waals surface area contributed by atoms with Crippen LogP contribution in [-0.4, -0.2) is 32.5 Å². The van der Waals surface area contributed by atoms with E-state index >= 15 is 0 Å². The zero-order valence-corrected chi connectivity index (χ0v) is 13.7. The Bertz CT molecular complexity index is 786. The van der Waals surface area contributed by atoms with E-state index in [1.54, 1.807) is 17.3 Å². The lowest BCUT2D eigenvalue weighted by molar-refractivity contribution is -0.122. The molecule has 0 aliphatic carbocycles. The number of thioether (sulfide) groups is 1. The number of carbonyl (C=O) groups is 1. The van der Waals surface area contributed by atoms with Crippen molar-refractivity contribution in [3.8, 4) is 0 Å². The molecule has 2 aromatic rings. The van der Waals surface area contributed by atoms with Crippen molar-refractivity contribution < 1.29 is 4.79 Å². The Morgan fingerprint density at radius 1 is 1.30 bits per heavy atom. The molecule has 0 radical (unpaired) electrons. The minimum absolute atomic E-state index is 0.0345. The van der Waals surface area contributed by atoms with Crippen molar-refractivity contribution in [3.05, 3.63) is 58.9 Å². The number of nitrogens with zero attached hydrogens (tertiary/aromatic N) is 4. The SMILES string of the molecule is CCN1C(=O)/C(=C/c2cccnc2)S/C1=N/c1cccc(C)n1. The van der Waals surface area contributed by atoms with E-state index in [1.165, 1.54) is 11.8 Å². The lowest BCUT2D eigenvalue weighted by atomic mass is 10.2. The summed E-state index contributed by atoms with van der Waals surface area (Å²) in [6.45, 7) is 4.42. The summed E-state index contributed by atoms with van der Waals surface area (Å²) in [6, 6.07) is 9.43. The smallest absolute Gasteiger partial charge is 0.266 e. The molecule has 3 rings (SSSR count). The van der Waals surface area contributed by atoms with Gasteiger partial charge in [-0.1, -0.05) is 12.1 Å². The summed E-state index contributed by atoms with van der Waals surface area (Å²) in [6.07, 6.45) is 5.28. The molecule has 0 N–H and O–H groups in total. The summed E-state index contributed by atoms with van der Waals surface area (Å²) >= 11 is 1.37. The van der Waals surface area contributed by atoms with Crippen molar-refractivity contribution in [3.63, 3.8) is 0 Å². The Morgan fingerprint density at radius 3 is 2.87 bits per heavy atom. The highest BCUT2D eigenvalue weighted by Crippen LogP contribution is 2.33. The number of carbonyl (C=O) groups excluding carboxylic acids is 1. The first-order valence-corrected chi connectivity index (χ1v) is 8.13. The first kappa shape index (κ1) is 15.4. The first-order chi connectivity index (χ1) is 11.2. The Balaban J connectivity index is 1.93. The number of hydrogen-bond donors (Lipinski definition) is 0. The van der Waals surface area contributed by atoms with E-state index < -0.39 is 0 Å². The molecule has 1 amide bonds. The molecule has 1 aliphatic heterocycles. The third-order valence-corrected chi connectivity index (χ3v) is 4.28. The van der Waals surface area contributed by atoms with Gasteiger partial charge in [0.1, 0.15) is 0 Å². The molecule has 0 saturated carbocycles. The normalized spacial score (nSPS) is 18.2. The van der Waals surface area contributed by atoms with Crippen LogP contribution in [0.4, 0.5) is 5.82 Å². The highest BCUT2D eigenvalue weighted by Gasteiger charge is 2.32. The van der Waals surface area contributed by atoms with E-state index in [1.807, 2.05) is 50.3 Å². The van der Waals surface area contributed by atoms with Crippen LogP contribution >= 0.6 is 11.8 Å². The summed E-state index contributed by atoms with van der Waals surface area (Å²) in [5.74, 6) is 0.578. The molecule has 23 heavy (non-hydrogen) atoms. The fourth-order valence-electron chi connectivity index (χ4n) is 2.17. The van der Waals surface area contributed by atoms with Crippen LogP contribution in [0.5, 0.6) is 0 Å². The molecule has 6 heteroatoms. The first-order valence-electron chi connectivity index (χ1n) is 7.31. The van der Waals surface area contributed by atoms with Crippen LogP contribution in [0.2, 0.25) is 0 Å². The molecule has 1 aliphatic rings. The van der Waals surface area contributed by atoms with Crippen LogP contribution in [0.15, 0.2) is 52.6 Å². The maximum Gasteiger partial charge on any atom is 0.266 e. The lowest BCUT2D eigenvalue weighted by Crippen LogP contribution is -2.28. The number of aliphatic imine (C=N–C) groups is 1. The van der Waals surface area contributed by atoms with Crippen LogP contribution < -0.4 is 0 Å². The molecule has 1 saturated heterocycles. The molecule has 5 nitrogen and oxygen atoms in total. The summed E-state index contributed by atoms with van der Waals surface area (Å²) in [5.41, 5.74) is 1.80. The molecule has 0 unspecified atom stereocenters. The maximum atomic E-state index is 12.5. The van der Waals surface area contributed by atoms with Crippen molar-refractivity contribution in [2.75, 3.05) is 6.54 Å². The van der Waals surface area contributed by atoms with Gasteiger partial charge in [0.15, 0.2) is 11.0 Å². The number of pyridine rings is 2. The van der Waals surface area contributed by atoms with Gasteiger partial charge in [0.05, 0.1) is 4.91 Å². The number of amidine groups is 1. The van der Waals surface area contributed by atoms with Crippen molar-refractivity contribution in [1.82, 2.24) is 14.9 Å². The van der Waals surface area contributed by atoms with Gasteiger partial charge in [-0.2, -0.15) is 0 Å². The second-order valence-corrected chi connectivity index (χ2v) is 5.99. The highest BCUT2D eigenvalue weighted by molar-refractivity contribution is 8.18. The number of likely N-dealkylation sites (N-methyl/N-ethyl adjacent to an activating group) is 1. The fourth-order valence-corrected chi connectivity index (χ4v) is 3.22. The molecule has 3 heterocycles. The fraction of sp³-hybridized carbons (Fsp3) is 0.176. The van der Waals surface area contributed by atoms with Crippen LogP contribution in [-0.2, 0) is 4.79 Å². The van der Waals surface area contributed by atoms with Gasteiger partial charge in [-0.3, -0.25) is 14.7 Å². The molecular weight excluding hydrogens is 308 g/mol. The van der Waals surface area contributed by atoms with Crippen LogP contribution in [0, 0.1) is 6.92 Å². The molecule has 0 atom stereocenters. The standard InChI is InChI=1S/C17H16N4OS/c1-3-21-16(22)14(10-13-7-5-9-18-11-13)23-17(21)20-15-8-4-6-12(2)19-15/h4-11H,3H2,1-2H3/b14-10-,20-17+. The summed E-state index contributed by atoms with van der Waals surface area (Å²) in [7, 11) is 0. The molecule has 1 fully saturated rings. The average Bonchev–Trinajstić information content (AvgIpc) is 2.83. The second kappa shape index (κ2) is 6.75. The second-order valence-electron chi connectivity index (χ2n) is 4.98. The maximum absolute atomic E-state index is 12.5. The minimum Gasteiger partial charge on any atom is -0.287 e. The van der Waals surface area contributed by atoms with E-state index in [2.05, 4.69) is 15.0 Å². The number of amides is 1. The average molecular weight is 324 g/mol. The van der Waals surface area contributed by atoms with Crippen molar-refractivity contribution in [1.29, 1.82) is 0 Å². The van der Waals surface area contributed by atoms with Crippen LogP contribution in [0.25, 0.3) is 6.08 Å². The number of aromatic nitrogens is 2. The van der Waals surface area contributed by atoms with Gasteiger partial charge in [0.25, 0.3) is 5.91 Å². The quantitative estimate of drug-likeness (QED) is 0.812. The molecule has 116 valence electrons. The predicted molar refractivity (Wildman–Crippen MR) is 93.3 cm³/mol. The van der Waals surface area contributed by atoms with Crippen molar-refractivity contribution in [2.45, 2.75) is 13.8 Å². The van der Waals surface area contributed by atoms with Crippen LogP contribution in [0.1, 0.15) is 18.2 Å². The number of aryl methyl sites for hydroxylation is 1. The summed E-state index contributed by atoms with van der Waals surface area (Å²) in [5, 5.41) is 0.658. The number of rotatable bonds is 3. The Morgan fingerprint density at radius 2 is 2.17 bits per heavy atom. The van der Waals surface area contributed by atoms with Crippen molar-refractivity contribution >= 4 is 34.7 Å². The van der Waals surface area contributed by atoms with Gasteiger partial charge in [0.2, 0.25) is 0 Å². The van der Waals surface area contributed by atoms with Gasteiger partial charge in [-0.05, 0) is 55.4 Å².